The van der Waals surface area contributed by atoms with Crippen molar-refractivity contribution in [2.24, 2.45) is 0 Å². The summed E-state index contributed by atoms with van der Waals surface area (Å²) in [5.74, 6) is 0.265. The van der Waals surface area contributed by atoms with E-state index in [-0.39, 0.29) is 5.75 Å². The second-order valence-electron chi connectivity index (χ2n) is 2.16. The highest BCUT2D eigenvalue weighted by atomic mass is 33.1. The highest BCUT2D eigenvalue weighted by molar-refractivity contribution is 8.73. The van der Waals surface area contributed by atoms with Gasteiger partial charge in [0.25, 0.3) is 0 Å². The van der Waals surface area contributed by atoms with Gasteiger partial charge in [-0.05, 0) is 27.0 Å². The summed E-state index contributed by atoms with van der Waals surface area (Å²) >= 11 is 0. The molecule has 4 nitrogen and oxygen atoms in total. The van der Waals surface area contributed by atoms with Gasteiger partial charge >= 0.3 is 0 Å². The van der Waals surface area contributed by atoms with E-state index < -0.39 is 17.7 Å². The summed E-state index contributed by atoms with van der Waals surface area (Å²) in [4.78, 5) is 0. The molecule has 0 aliphatic rings. The van der Waals surface area contributed by atoms with Gasteiger partial charge in [-0.3, -0.25) is 0 Å². The number of hydrogen-bond acceptors (Lipinski definition) is 6. The SMILES string of the molecule is CS(=O)(=O)SC=CCSS(C)(=O)=O. The lowest BCUT2D eigenvalue weighted by Gasteiger charge is -1.91. The lowest BCUT2D eigenvalue weighted by atomic mass is 10.8. The van der Waals surface area contributed by atoms with Gasteiger partial charge in [-0.15, -0.1) is 0 Å². The molecule has 0 N–H and O–H groups in total. The van der Waals surface area contributed by atoms with Gasteiger partial charge < -0.3 is 0 Å². The third kappa shape index (κ3) is 12.3. The van der Waals surface area contributed by atoms with Crippen LogP contribution in [-0.4, -0.2) is 35.1 Å². The van der Waals surface area contributed by atoms with Gasteiger partial charge in [-0.1, -0.05) is 6.08 Å². The Hall–Kier alpha value is 0.340. The molecule has 0 saturated carbocycles. The molecule has 0 aromatic heterocycles. The molecule has 0 amide bonds. The van der Waals surface area contributed by atoms with Crippen molar-refractivity contribution in [2.75, 3.05) is 18.3 Å². The summed E-state index contributed by atoms with van der Waals surface area (Å²) in [6.45, 7) is 0. The van der Waals surface area contributed by atoms with Crippen LogP contribution in [0.25, 0.3) is 0 Å². The van der Waals surface area contributed by atoms with Crippen molar-refractivity contribution >= 4 is 39.3 Å². The van der Waals surface area contributed by atoms with E-state index in [9.17, 15) is 16.8 Å². The number of hydrogen-bond donors (Lipinski definition) is 0. The molecule has 0 radical (unpaired) electrons. The largest absolute Gasteiger partial charge is 0.218 e. The molecule has 0 aliphatic heterocycles. The van der Waals surface area contributed by atoms with Crippen LogP contribution in [0.1, 0.15) is 0 Å². The molecule has 0 bridgehead atoms. The minimum absolute atomic E-state index is 0.265. The van der Waals surface area contributed by atoms with E-state index in [1.54, 1.807) is 0 Å². The minimum atomic E-state index is -3.07. The van der Waals surface area contributed by atoms with Crippen LogP contribution < -0.4 is 0 Å². The van der Waals surface area contributed by atoms with Crippen LogP contribution >= 0.6 is 21.6 Å². The Labute approximate surface area is 85.8 Å². The van der Waals surface area contributed by atoms with Crippen molar-refractivity contribution < 1.29 is 16.8 Å². The first-order valence-electron chi connectivity index (χ1n) is 3.08. The molecule has 0 heterocycles. The average Bonchev–Trinajstić information content (AvgIpc) is 1.81. The van der Waals surface area contributed by atoms with E-state index in [0.29, 0.717) is 10.8 Å². The Morgan fingerprint density at radius 2 is 1.62 bits per heavy atom. The van der Waals surface area contributed by atoms with Crippen LogP contribution in [0.5, 0.6) is 0 Å². The van der Waals surface area contributed by atoms with Gasteiger partial charge in [0, 0.05) is 18.3 Å². The van der Waals surface area contributed by atoms with Gasteiger partial charge in [-0.25, -0.2) is 16.8 Å². The van der Waals surface area contributed by atoms with Crippen molar-refractivity contribution in [3.63, 3.8) is 0 Å². The first kappa shape index (κ1) is 13.3. The second kappa shape index (κ2) is 5.28. The zero-order valence-corrected chi connectivity index (χ0v) is 10.4. The van der Waals surface area contributed by atoms with Gasteiger partial charge in [-0.2, -0.15) is 0 Å². The van der Waals surface area contributed by atoms with Crippen LogP contribution in [0.3, 0.4) is 0 Å². The van der Waals surface area contributed by atoms with E-state index in [1.807, 2.05) is 0 Å². The van der Waals surface area contributed by atoms with Gasteiger partial charge in [0.05, 0.1) is 0 Å². The Bertz CT molecular complexity index is 363. The first-order chi connectivity index (χ1) is 5.71. The van der Waals surface area contributed by atoms with Gasteiger partial charge in [0.15, 0.2) is 8.87 Å². The fraction of sp³-hybridized carbons (Fsp3) is 0.600. The minimum Gasteiger partial charge on any atom is -0.218 e. The Morgan fingerprint density at radius 3 is 2.00 bits per heavy atom. The normalized spacial score (nSPS) is 13.7. The maximum atomic E-state index is 10.6. The maximum Gasteiger partial charge on any atom is 0.202 e. The zero-order valence-electron chi connectivity index (χ0n) is 7.13. The summed E-state index contributed by atoms with van der Waals surface area (Å²) in [6, 6.07) is 0. The molecule has 0 saturated heterocycles. The van der Waals surface area contributed by atoms with E-state index in [0.717, 1.165) is 23.3 Å². The predicted octanol–water partition coefficient (Wildman–Crippen LogP) is 0.886. The van der Waals surface area contributed by atoms with Crippen LogP contribution in [0.15, 0.2) is 11.5 Å². The van der Waals surface area contributed by atoms with Crippen molar-refractivity contribution in [2.45, 2.75) is 0 Å². The Kier molecular flexibility index (Phi) is 5.42. The van der Waals surface area contributed by atoms with E-state index in [2.05, 4.69) is 0 Å². The lowest BCUT2D eigenvalue weighted by Crippen LogP contribution is -1.88. The van der Waals surface area contributed by atoms with Crippen molar-refractivity contribution in [3.8, 4) is 0 Å². The van der Waals surface area contributed by atoms with E-state index >= 15 is 0 Å². The average molecular weight is 262 g/mol. The molecule has 0 aromatic rings. The van der Waals surface area contributed by atoms with Crippen LogP contribution in [-0.2, 0) is 17.7 Å². The molecule has 0 rings (SSSR count). The van der Waals surface area contributed by atoms with Crippen molar-refractivity contribution in [1.29, 1.82) is 0 Å². The molecule has 0 aliphatic carbocycles. The number of rotatable bonds is 5. The fourth-order valence-corrected chi connectivity index (χ4v) is 3.08. The smallest absolute Gasteiger partial charge is 0.202 e. The summed E-state index contributed by atoms with van der Waals surface area (Å²) in [6.07, 6.45) is 3.69. The molecule has 0 atom stereocenters. The van der Waals surface area contributed by atoms with E-state index in [1.165, 1.54) is 11.5 Å². The highest BCUT2D eigenvalue weighted by Gasteiger charge is 2.00. The summed E-state index contributed by atoms with van der Waals surface area (Å²) < 4.78 is 42.3. The standard InChI is InChI=1S/C5H10O4S4/c1-12(6,7)10-4-3-5-11-13(2,8)9/h3-4H,5H2,1-2H3. The monoisotopic (exact) mass is 262 g/mol. The fourth-order valence-electron chi connectivity index (χ4n) is 0.342. The molecule has 13 heavy (non-hydrogen) atoms. The van der Waals surface area contributed by atoms with Crippen LogP contribution in [0.4, 0.5) is 0 Å². The third-order valence-corrected chi connectivity index (χ3v) is 5.19. The molecular formula is C5H10O4S4. The maximum absolute atomic E-state index is 10.6. The Balaban J connectivity index is 3.80. The predicted molar refractivity (Wildman–Crippen MR) is 58.9 cm³/mol. The molecular weight excluding hydrogens is 252 g/mol. The molecule has 0 spiro atoms. The van der Waals surface area contributed by atoms with E-state index in [4.69, 9.17) is 0 Å². The summed E-state index contributed by atoms with van der Waals surface area (Å²) in [7, 11) is -4.67. The lowest BCUT2D eigenvalue weighted by molar-refractivity contribution is 0.614. The van der Waals surface area contributed by atoms with Crippen LogP contribution in [0.2, 0.25) is 0 Å². The molecule has 78 valence electrons. The van der Waals surface area contributed by atoms with Gasteiger partial charge in [0.1, 0.15) is 0 Å². The topological polar surface area (TPSA) is 68.3 Å². The Morgan fingerprint density at radius 1 is 1.08 bits per heavy atom. The quantitative estimate of drug-likeness (QED) is 0.685. The van der Waals surface area contributed by atoms with Gasteiger partial charge in [0.2, 0.25) is 8.87 Å². The summed E-state index contributed by atoms with van der Waals surface area (Å²) in [5, 5.41) is 1.37. The van der Waals surface area contributed by atoms with Crippen molar-refractivity contribution in [1.82, 2.24) is 0 Å². The molecule has 0 aromatic carbocycles. The first-order valence-corrected chi connectivity index (χ1v) is 9.76. The van der Waals surface area contributed by atoms with Crippen molar-refractivity contribution in [3.05, 3.63) is 11.5 Å². The molecule has 0 unspecified atom stereocenters. The highest BCUT2D eigenvalue weighted by Crippen LogP contribution is 2.14. The second-order valence-corrected chi connectivity index (χ2v) is 10.9. The third-order valence-electron chi connectivity index (χ3n) is 0.705. The molecule has 8 heteroatoms. The van der Waals surface area contributed by atoms with Crippen LogP contribution in [0, 0.1) is 0 Å². The summed E-state index contributed by atoms with van der Waals surface area (Å²) in [5.41, 5.74) is 0. The zero-order chi connectivity index (χ0) is 10.5. The molecule has 0 fully saturated rings.